The van der Waals surface area contributed by atoms with Gasteiger partial charge >= 0.3 is 0 Å². The Bertz CT molecular complexity index is 791. The number of methoxy groups -OCH3 is 1. The maximum Gasteiger partial charge on any atom is 0.246 e. The number of anilines is 2. The molecule has 0 saturated carbocycles. The fourth-order valence-corrected chi connectivity index (χ4v) is 3.49. The molecular formula is C20H23ClN2O2. The Morgan fingerprint density at radius 1 is 1.28 bits per heavy atom. The number of benzene rings is 2. The molecule has 2 aromatic carbocycles. The normalized spacial score (nSPS) is 14.6. The molecule has 1 amide bonds. The van der Waals surface area contributed by atoms with Crippen molar-refractivity contribution in [1.29, 1.82) is 0 Å². The zero-order valence-electron chi connectivity index (χ0n) is 14.8. The Labute approximate surface area is 153 Å². The molecule has 1 aliphatic rings. The Morgan fingerprint density at radius 3 is 2.84 bits per heavy atom. The summed E-state index contributed by atoms with van der Waals surface area (Å²) in [5, 5.41) is 3.51. The van der Waals surface area contributed by atoms with Gasteiger partial charge in [-0.15, -0.1) is 0 Å². The smallest absolute Gasteiger partial charge is 0.246 e. The second-order valence-electron chi connectivity index (χ2n) is 6.44. The molecule has 0 aliphatic carbocycles. The van der Waals surface area contributed by atoms with Crippen LogP contribution in [0.5, 0.6) is 5.75 Å². The Hall–Kier alpha value is -2.20. The molecule has 1 atom stereocenters. The monoisotopic (exact) mass is 358 g/mol. The molecule has 0 aromatic heterocycles. The van der Waals surface area contributed by atoms with E-state index in [2.05, 4.69) is 35.3 Å². The van der Waals surface area contributed by atoms with Crippen molar-refractivity contribution in [2.24, 2.45) is 0 Å². The Kier molecular flexibility index (Phi) is 5.19. The number of hydrogen-bond donors (Lipinski definition) is 1. The topological polar surface area (TPSA) is 41.6 Å². The van der Waals surface area contributed by atoms with Crippen LogP contribution < -0.4 is 15.0 Å². The van der Waals surface area contributed by atoms with E-state index in [1.165, 1.54) is 11.1 Å². The molecule has 1 N–H and O–H groups in total. The predicted molar refractivity (Wildman–Crippen MR) is 103 cm³/mol. The van der Waals surface area contributed by atoms with Crippen molar-refractivity contribution in [3.05, 3.63) is 52.5 Å². The molecule has 4 nitrogen and oxygen atoms in total. The average Bonchev–Trinajstić information content (AvgIpc) is 2.60. The number of fused-ring (bicyclic) bond motifs is 1. The predicted octanol–water partition coefficient (Wildman–Crippen LogP) is 4.44. The molecule has 2 aromatic rings. The molecule has 5 heteroatoms. The third-order valence-corrected chi connectivity index (χ3v) is 4.89. The van der Waals surface area contributed by atoms with E-state index in [1.807, 2.05) is 6.92 Å². The molecule has 0 fully saturated rings. The number of carbonyl (C=O) groups is 1. The van der Waals surface area contributed by atoms with Crippen molar-refractivity contribution in [2.75, 3.05) is 23.9 Å². The molecule has 1 aliphatic heterocycles. The van der Waals surface area contributed by atoms with E-state index < -0.39 is 0 Å². The third-order valence-electron chi connectivity index (χ3n) is 4.66. The van der Waals surface area contributed by atoms with E-state index >= 15 is 0 Å². The highest BCUT2D eigenvalue weighted by molar-refractivity contribution is 6.31. The van der Waals surface area contributed by atoms with Gasteiger partial charge in [-0.3, -0.25) is 4.79 Å². The standard InChI is InChI=1S/C20H23ClN2O2/c1-13-6-8-18-15(11-13)5-4-10-23(18)14(2)20(24)22-17-12-16(21)7-9-19(17)25-3/h6-9,11-12,14H,4-5,10H2,1-3H3,(H,22,24)/t14-/m0/s1. The van der Waals surface area contributed by atoms with Crippen LogP contribution in [0, 0.1) is 6.92 Å². The number of amides is 1. The number of halogens is 1. The zero-order chi connectivity index (χ0) is 18.0. The third kappa shape index (κ3) is 3.74. The summed E-state index contributed by atoms with van der Waals surface area (Å²) < 4.78 is 5.31. The van der Waals surface area contributed by atoms with Gasteiger partial charge in [0.25, 0.3) is 0 Å². The quantitative estimate of drug-likeness (QED) is 0.878. The lowest BCUT2D eigenvalue weighted by Crippen LogP contribution is -2.44. The van der Waals surface area contributed by atoms with Crippen molar-refractivity contribution in [3.8, 4) is 5.75 Å². The van der Waals surface area contributed by atoms with Crippen LogP contribution in [0.3, 0.4) is 0 Å². The van der Waals surface area contributed by atoms with Gasteiger partial charge in [-0.05, 0) is 56.5 Å². The second-order valence-corrected chi connectivity index (χ2v) is 6.88. The summed E-state index contributed by atoms with van der Waals surface area (Å²) in [4.78, 5) is 15.0. The lowest BCUT2D eigenvalue weighted by Gasteiger charge is -2.35. The van der Waals surface area contributed by atoms with Gasteiger partial charge in [0, 0.05) is 17.3 Å². The molecule has 0 saturated heterocycles. The van der Waals surface area contributed by atoms with Gasteiger partial charge in [0.05, 0.1) is 12.8 Å². The summed E-state index contributed by atoms with van der Waals surface area (Å²) in [5.74, 6) is 0.522. The van der Waals surface area contributed by atoms with Crippen LogP contribution in [-0.2, 0) is 11.2 Å². The fourth-order valence-electron chi connectivity index (χ4n) is 3.31. The Morgan fingerprint density at radius 2 is 2.08 bits per heavy atom. The number of carbonyl (C=O) groups excluding carboxylic acids is 1. The minimum Gasteiger partial charge on any atom is -0.495 e. The van der Waals surface area contributed by atoms with E-state index in [1.54, 1.807) is 25.3 Å². The van der Waals surface area contributed by atoms with Crippen LogP contribution in [0.4, 0.5) is 11.4 Å². The molecule has 0 bridgehead atoms. The number of hydrogen-bond acceptors (Lipinski definition) is 3. The first kappa shape index (κ1) is 17.6. The molecule has 25 heavy (non-hydrogen) atoms. The van der Waals surface area contributed by atoms with Crippen LogP contribution in [-0.4, -0.2) is 25.6 Å². The number of aryl methyl sites for hydroxylation is 2. The lowest BCUT2D eigenvalue weighted by atomic mass is 9.98. The van der Waals surface area contributed by atoms with Gasteiger partial charge in [-0.25, -0.2) is 0 Å². The van der Waals surface area contributed by atoms with Crippen LogP contribution >= 0.6 is 11.6 Å². The molecular weight excluding hydrogens is 336 g/mol. The first-order valence-corrected chi connectivity index (χ1v) is 8.88. The summed E-state index contributed by atoms with van der Waals surface area (Å²) >= 11 is 6.05. The summed E-state index contributed by atoms with van der Waals surface area (Å²) in [5.41, 5.74) is 4.30. The van der Waals surface area contributed by atoms with E-state index in [0.29, 0.717) is 16.5 Å². The van der Waals surface area contributed by atoms with Crippen molar-refractivity contribution in [2.45, 2.75) is 32.7 Å². The van der Waals surface area contributed by atoms with E-state index in [9.17, 15) is 4.79 Å². The van der Waals surface area contributed by atoms with Crippen LogP contribution in [0.25, 0.3) is 0 Å². The van der Waals surface area contributed by atoms with Gasteiger partial charge in [0.1, 0.15) is 11.8 Å². The van der Waals surface area contributed by atoms with Crippen molar-refractivity contribution in [1.82, 2.24) is 0 Å². The van der Waals surface area contributed by atoms with Crippen LogP contribution in [0.15, 0.2) is 36.4 Å². The largest absolute Gasteiger partial charge is 0.495 e. The molecule has 1 heterocycles. The number of nitrogens with zero attached hydrogens (tertiary/aromatic N) is 1. The summed E-state index contributed by atoms with van der Waals surface area (Å²) in [6, 6.07) is 11.3. The van der Waals surface area contributed by atoms with Gasteiger partial charge in [-0.1, -0.05) is 29.3 Å². The Balaban J connectivity index is 1.81. The summed E-state index contributed by atoms with van der Waals surface area (Å²) in [6.45, 7) is 4.90. The van der Waals surface area contributed by atoms with Crippen LogP contribution in [0.1, 0.15) is 24.5 Å². The minimum absolute atomic E-state index is 0.0750. The average molecular weight is 359 g/mol. The van der Waals surface area contributed by atoms with E-state index in [0.717, 1.165) is 25.1 Å². The van der Waals surface area contributed by atoms with Gasteiger partial charge in [-0.2, -0.15) is 0 Å². The molecule has 0 unspecified atom stereocenters. The number of rotatable bonds is 4. The molecule has 0 spiro atoms. The number of ether oxygens (including phenoxy) is 1. The van der Waals surface area contributed by atoms with Crippen molar-refractivity contribution < 1.29 is 9.53 Å². The number of nitrogens with one attached hydrogen (secondary N) is 1. The maximum absolute atomic E-state index is 12.8. The van der Waals surface area contributed by atoms with E-state index in [4.69, 9.17) is 16.3 Å². The SMILES string of the molecule is COc1ccc(Cl)cc1NC(=O)[C@H](C)N1CCCc2cc(C)ccc21. The second kappa shape index (κ2) is 7.36. The highest BCUT2D eigenvalue weighted by Gasteiger charge is 2.26. The van der Waals surface area contributed by atoms with Gasteiger partial charge in [0.15, 0.2) is 0 Å². The van der Waals surface area contributed by atoms with Crippen molar-refractivity contribution in [3.63, 3.8) is 0 Å². The fraction of sp³-hybridized carbons (Fsp3) is 0.350. The molecule has 0 radical (unpaired) electrons. The first-order chi connectivity index (χ1) is 12.0. The van der Waals surface area contributed by atoms with Crippen molar-refractivity contribution >= 4 is 28.9 Å². The lowest BCUT2D eigenvalue weighted by molar-refractivity contribution is -0.117. The van der Waals surface area contributed by atoms with E-state index in [-0.39, 0.29) is 11.9 Å². The zero-order valence-corrected chi connectivity index (χ0v) is 15.6. The highest BCUT2D eigenvalue weighted by atomic mass is 35.5. The maximum atomic E-state index is 12.8. The molecule has 3 rings (SSSR count). The summed E-state index contributed by atoms with van der Waals surface area (Å²) in [7, 11) is 1.57. The minimum atomic E-state index is -0.287. The molecule has 132 valence electrons. The first-order valence-electron chi connectivity index (χ1n) is 8.50. The van der Waals surface area contributed by atoms with Gasteiger partial charge in [0.2, 0.25) is 5.91 Å². The summed E-state index contributed by atoms with van der Waals surface area (Å²) in [6.07, 6.45) is 2.11. The van der Waals surface area contributed by atoms with Gasteiger partial charge < -0.3 is 15.0 Å². The van der Waals surface area contributed by atoms with Crippen LogP contribution in [0.2, 0.25) is 5.02 Å². The highest BCUT2D eigenvalue weighted by Crippen LogP contribution is 2.31.